The first-order valence-electron chi connectivity index (χ1n) is 7.95. The molecule has 128 valence electrons. The molecular weight excluding hydrogens is 311 g/mol. The minimum absolute atomic E-state index is 0.0271. The molecule has 3 rings (SSSR count). The average Bonchev–Trinajstić information content (AvgIpc) is 3.13. The monoisotopic (exact) mass is 332 g/mol. The summed E-state index contributed by atoms with van der Waals surface area (Å²) in [5.74, 6) is 0.124. The van der Waals surface area contributed by atoms with Gasteiger partial charge in [-0.25, -0.2) is 9.18 Å². The first-order chi connectivity index (χ1) is 11.4. The number of urea groups is 1. The SMILES string of the molecule is CC(O)(CNC(=O)NCC1(c2cccc(F)c2)CC1)c1ccco1. The molecular formula is C18H21FN2O3. The van der Waals surface area contributed by atoms with Gasteiger partial charge in [0.25, 0.3) is 0 Å². The van der Waals surface area contributed by atoms with Crippen LogP contribution in [0.3, 0.4) is 0 Å². The van der Waals surface area contributed by atoms with E-state index in [9.17, 15) is 14.3 Å². The van der Waals surface area contributed by atoms with E-state index in [4.69, 9.17) is 4.42 Å². The van der Waals surface area contributed by atoms with Crippen LogP contribution < -0.4 is 10.6 Å². The fraction of sp³-hybridized carbons (Fsp3) is 0.389. The smallest absolute Gasteiger partial charge is 0.314 e. The Morgan fingerprint density at radius 2 is 2.12 bits per heavy atom. The van der Waals surface area contributed by atoms with Gasteiger partial charge in [-0.15, -0.1) is 0 Å². The summed E-state index contributed by atoms with van der Waals surface area (Å²) in [6.07, 6.45) is 3.31. The summed E-state index contributed by atoms with van der Waals surface area (Å²) < 4.78 is 18.5. The van der Waals surface area contributed by atoms with Gasteiger partial charge in [0, 0.05) is 12.0 Å². The summed E-state index contributed by atoms with van der Waals surface area (Å²) in [5.41, 5.74) is -0.547. The number of furan rings is 1. The van der Waals surface area contributed by atoms with Crippen molar-refractivity contribution in [2.24, 2.45) is 0 Å². The second-order valence-corrected chi connectivity index (χ2v) is 6.58. The van der Waals surface area contributed by atoms with Crippen molar-refractivity contribution in [2.45, 2.75) is 30.8 Å². The molecule has 1 unspecified atom stereocenters. The molecule has 24 heavy (non-hydrogen) atoms. The van der Waals surface area contributed by atoms with Gasteiger partial charge in [0.2, 0.25) is 0 Å². The third-order valence-corrected chi connectivity index (χ3v) is 4.52. The zero-order chi connectivity index (χ0) is 17.2. The highest BCUT2D eigenvalue weighted by Crippen LogP contribution is 2.47. The highest BCUT2D eigenvalue weighted by atomic mass is 19.1. The Labute approximate surface area is 139 Å². The Morgan fingerprint density at radius 3 is 2.75 bits per heavy atom. The molecule has 0 bridgehead atoms. The second kappa shape index (κ2) is 6.28. The van der Waals surface area contributed by atoms with Gasteiger partial charge in [-0.1, -0.05) is 12.1 Å². The lowest BCUT2D eigenvalue weighted by molar-refractivity contribution is 0.0367. The van der Waals surface area contributed by atoms with Crippen LogP contribution in [0, 0.1) is 5.82 Å². The maximum atomic E-state index is 13.4. The van der Waals surface area contributed by atoms with Crippen molar-refractivity contribution in [3.8, 4) is 0 Å². The van der Waals surface area contributed by atoms with Gasteiger partial charge in [-0.05, 0) is 49.6 Å². The van der Waals surface area contributed by atoms with Crippen molar-refractivity contribution in [3.63, 3.8) is 0 Å². The largest absolute Gasteiger partial charge is 0.466 e. The van der Waals surface area contributed by atoms with Gasteiger partial charge in [-0.2, -0.15) is 0 Å². The lowest BCUT2D eigenvalue weighted by atomic mass is 9.96. The summed E-state index contributed by atoms with van der Waals surface area (Å²) in [4.78, 5) is 12.0. The van der Waals surface area contributed by atoms with Crippen LogP contribution >= 0.6 is 0 Å². The van der Waals surface area contributed by atoms with Crippen molar-refractivity contribution in [2.75, 3.05) is 13.1 Å². The van der Waals surface area contributed by atoms with Crippen LogP contribution in [-0.4, -0.2) is 24.2 Å². The van der Waals surface area contributed by atoms with Gasteiger partial charge in [0.15, 0.2) is 0 Å². The summed E-state index contributed by atoms with van der Waals surface area (Å²) in [7, 11) is 0. The van der Waals surface area contributed by atoms with E-state index in [1.54, 1.807) is 25.1 Å². The Morgan fingerprint density at radius 1 is 1.33 bits per heavy atom. The first-order valence-corrected chi connectivity index (χ1v) is 7.95. The van der Waals surface area contributed by atoms with E-state index in [1.807, 2.05) is 6.07 Å². The zero-order valence-corrected chi connectivity index (χ0v) is 13.5. The molecule has 1 saturated carbocycles. The Kier molecular flexibility index (Phi) is 4.32. The van der Waals surface area contributed by atoms with Gasteiger partial charge in [0.05, 0.1) is 12.8 Å². The minimum atomic E-state index is -1.28. The summed E-state index contributed by atoms with van der Waals surface area (Å²) in [6, 6.07) is 9.47. The van der Waals surface area contributed by atoms with Crippen molar-refractivity contribution < 1.29 is 18.7 Å². The lowest BCUT2D eigenvalue weighted by Gasteiger charge is -2.22. The number of nitrogens with one attached hydrogen (secondary N) is 2. The van der Waals surface area contributed by atoms with E-state index < -0.39 is 5.60 Å². The fourth-order valence-corrected chi connectivity index (χ4v) is 2.77. The van der Waals surface area contributed by atoms with E-state index in [0.29, 0.717) is 12.3 Å². The number of hydrogen-bond acceptors (Lipinski definition) is 3. The van der Waals surface area contributed by atoms with Crippen LogP contribution in [-0.2, 0) is 11.0 Å². The van der Waals surface area contributed by atoms with Crippen LogP contribution in [0.15, 0.2) is 47.1 Å². The van der Waals surface area contributed by atoms with Crippen molar-refractivity contribution in [3.05, 3.63) is 59.8 Å². The van der Waals surface area contributed by atoms with Crippen LogP contribution in [0.5, 0.6) is 0 Å². The van der Waals surface area contributed by atoms with Crippen LogP contribution in [0.1, 0.15) is 31.1 Å². The van der Waals surface area contributed by atoms with Gasteiger partial charge in [-0.3, -0.25) is 0 Å². The number of benzene rings is 1. The topological polar surface area (TPSA) is 74.5 Å². The quantitative estimate of drug-likeness (QED) is 0.761. The fourth-order valence-electron chi connectivity index (χ4n) is 2.77. The molecule has 0 radical (unpaired) electrons. The van der Waals surface area contributed by atoms with E-state index in [0.717, 1.165) is 18.4 Å². The Bertz CT molecular complexity index is 709. The van der Waals surface area contributed by atoms with Crippen molar-refractivity contribution in [1.82, 2.24) is 10.6 Å². The minimum Gasteiger partial charge on any atom is -0.466 e. The molecule has 3 N–H and O–H groups in total. The van der Waals surface area contributed by atoms with Crippen molar-refractivity contribution >= 4 is 6.03 Å². The highest BCUT2D eigenvalue weighted by Gasteiger charge is 2.44. The van der Waals surface area contributed by atoms with E-state index in [-0.39, 0.29) is 23.8 Å². The normalized spacial score (nSPS) is 17.8. The lowest BCUT2D eigenvalue weighted by Crippen LogP contribution is -2.45. The van der Waals surface area contributed by atoms with Crippen LogP contribution in [0.4, 0.5) is 9.18 Å². The molecule has 1 heterocycles. The van der Waals surface area contributed by atoms with Crippen molar-refractivity contribution in [1.29, 1.82) is 0 Å². The first kappa shape index (κ1) is 16.5. The third-order valence-electron chi connectivity index (χ3n) is 4.52. The van der Waals surface area contributed by atoms with Crippen LogP contribution in [0.2, 0.25) is 0 Å². The zero-order valence-electron chi connectivity index (χ0n) is 13.5. The molecule has 2 aromatic rings. The molecule has 1 fully saturated rings. The van der Waals surface area contributed by atoms with E-state index in [2.05, 4.69) is 10.6 Å². The van der Waals surface area contributed by atoms with Gasteiger partial charge in [0.1, 0.15) is 17.2 Å². The van der Waals surface area contributed by atoms with Gasteiger partial charge >= 0.3 is 6.03 Å². The standard InChI is InChI=1S/C18H21FN2O3/c1-17(23,15-6-3-9-24-15)11-20-16(22)21-12-18(7-8-18)13-4-2-5-14(19)10-13/h2-6,9-10,23H,7-8,11-12H2,1H3,(H2,20,21,22). The molecule has 0 spiro atoms. The number of halogens is 1. The Hall–Kier alpha value is -2.34. The molecule has 1 aromatic heterocycles. The predicted molar refractivity (Wildman–Crippen MR) is 87.0 cm³/mol. The van der Waals surface area contributed by atoms with Crippen LogP contribution in [0.25, 0.3) is 0 Å². The number of amides is 2. The maximum absolute atomic E-state index is 13.4. The predicted octanol–water partition coefficient (Wildman–Crippen LogP) is 2.66. The number of carbonyl (C=O) groups is 1. The van der Waals surface area contributed by atoms with Gasteiger partial charge < -0.3 is 20.2 Å². The molecule has 0 saturated heterocycles. The number of rotatable bonds is 6. The Balaban J connectivity index is 1.51. The average molecular weight is 332 g/mol. The molecule has 6 heteroatoms. The molecule has 2 amide bonds. The maximum Gasteiger partial charge on any atom is 0.314 e. The molecule has 1 atom stereocenters. The number of aliphatic hydroxyl groups is 1. The highest BCUT2D eigenvalue weighted by molar-refractivity contribution is 5.74. The molecule has 1 aromatic carbocycles. The summed E-state index contributed by atoms with van der Waals surface area (Å²) in [5, 5.41) is 15.7. The molecule has 0 aliphatic heterocycles. The number of hydrogen-bond donors (Lipinski definition) is 3. The third kappa shape index (κ3) is 3.59. The molecule has 5 nitrogen and oxygen atoms in total. The van der Waals surface area contributed by atoms with E-state index in [1.165, 1.54) is 18.4 Å². The number of carbonyl (C=O) groups excluding carboxylic acids is 1. The molecule has 1 aliphatic carbocycles. The summed E-state index contributed by atoms with van der Waals surface area (Å²) >= 11 is 0. The second-order valence-electron chi connectivity index (χ2n) is 6.58. The van der Waals surface area contributed by atoms with E-state index >= 15 is 0 Å². The molecule has 1 aliphatic rings. The summed E-state index contributed by atoms with van der Waals surface area (Å²) in [6.45, 7) is 2.03.